The first kappa shape index (κ1) is 15.6. The zero-order valence-corrected chi connectivity index (χ0v) is 12.1. The number of anilines is 2. The molecule has 1 aromatic rings. The highest BCUT2D eigenvalue weighted by atomic mass is 16.5. The van der Waals surface area contributed by atoms with Crippen LogP contribution >= 0.6 is 0 Å². The predicted molar refractivity (Wildman–Crippen MR) is 79.3 cm³/mol. The molecule has 5 nitrogen and oxygen atoms in total. The smallest absolute Gasteiger partial charge is 0.117 e. The Morgan fingerprint density at radius 1 is 1.26 bits per heavy atom. The highest BCUT2D eigenvalue weighted by molar-refractivity contribution is 5.67. The Bertz CT molecular complexity index is 389. The van der Waals surface area contributed by atoms with E-state index in [0.717, 1.165) is 29.7 Å². The van der Waals surface area contributed by atoms with Crippen LogP contribution in [0.3, 0.4) is 0 Å². The number of rotatable bonds is 8. The fourth-order valence-corrected chi connectivity index (χ4v) is 1.70. The number of nitrogens with two attached hydrogens (primary N) is 1. The average molecular weight is 268 g/mol. The molecule has 4 N–H and O–H groups in total. The maximum Gasteiger partial charge on any atom is 0.117 e. The van der Waals surface area contributed by atoms with E-state index in [1.54, 1.807) is 18.2 Å². The van der Waals surface area contributed by atoms with Crippen LogP contribution in [-0.2, 0) is 4.74 Å². The third-order valence-corrected chi connectivity index (χ3v) is 2.72. The minimum Gasteiger partial charge on any atom is -0.508 e. The molecule has 0 atom stereocenters. The monoisotopic (exact) mass is 268 g/mol. The lowest BCUT2D eigenvalue weighted by Gasteiger charge is -2.23. The van der Waals surface area contributed by atoms with Crippen molar-refractivity contribution in [3.8, 4) is 5.75 Å². The molecule has 0 bridgehead atoms. The highest BCUT2D eigenvalue weighted by Gasteiger charge is 2.05. The van der Waals surface area contributed by atoms with Gasteiger partial charge in [0.1, 0.15) is 5.75 Å². The predicted octanol–water partition coefficient (Wildman–Crippen LogP) is 1.50. The Morgan fingerprint density at radius 2 is 2.00 bits per heavy atom. The summed E-state index contributed by atoms with van der Waals surface area (Å²) < 4.78 is 6.50. The zero-order chi connectivity index (χ0) is 14.3. The van der Waals surface area contributed by atoms with Gasteiger partial charge in [-0.1, -0.05) is 0 Å². The quantitative estimate of drug-likeness (QED) is 0.289. The van der Waals surface area contributed by atoms with Gasteiger partial charge in [0.2, 0.25) is 0 Å². The van der Waals surface area contributed by atoms with Crippen LogP contribution in [0.4, 0.5) is 11.4 Å². The van der Waals surface area contributed by atoms with Gasteiger partial charge >= 0.3 is 0 Å². The Hall–Kier alpha value is -1.46. The van der Waals surface area contributed by atoms with Crippen LogP contribution in [0, 0.1) is 0 Å². The second kappa shape index (κ2) is 7.21. The van der Waals surface area contributed by atoms with E-state index in [4.69, 9.17) is 10.5 Å². The van der Waals surface area contributed by atoms with Gasteiger partial charge < -0.3 is 25.4 Å². The van der Waals surface area contributed by atoms with Crippen LogP contribution < -0.4 is 11.1 Å². The van der Waals surface area contributed by atoms with E-state index in [1.807, 2.05) is 0 Å². The Labute approximate surface area is 115 Å². The number of hydrogen-bond acceptors (Lipinski definition) is 4. The number of nitrogen functional groups attached to an aromatic ring is 1. The van der Waals surface area contributed by atoms with Crippen molar-refractivity contribution in [3.63, 3.8) is 0 Å². The van der Waals surface area contributed by atoms with Crippen molar-refractivity contribution >= 4 is 11.4 Å². The second-order valence-corrected chi connectivity index (χ2v) is 5.68. The molecule has 0 radical (unpaired) electrons. The number of ether oxygens (including phenoxy) is 1. The molecule has 5 heteroatoms. The number of phenolic OH excluding ortho intramolecular Hbond substituents is 1. The maximum atomic E-state index is 9.36. The number of quaternary nitrogens is 1. The number of nitrogens with one attached hydrogen (secondary N) is 1. The van der Waals surface area contributed by atoms with Gasteiger partial charge in [0.25, 0.3) is 0 Å². The topological polar surface area (TPSA) is 67.5 Å². The first-order valence-electron chi connectivity index (χ1n) is 6.59. The zero-order valence-electron chi connectivity index (χ0n) is 12.1. The Kier molecular flexibility index (Phi) is 5.92. The molecule has 1 rings (SSSR count). The van der Waals surface area contributed by atoms with E-state index < -0.39 is 0 Å². The summed E-state index contributed by atoms with van der Waals surface area (Å²) in [4.78, 5) is 0. The van der Waals surface area contributed by atoms with E-state index in [0.29, 0.717) is 18.8 Å². The van der Waals surface area contributed by atoms with E-state index in [1.165, 1.54) is 0 Å². The summed E-state index contributed by atoms with van der Waals surface area (Å²) in [6.45, 7) is 3.18. The summed E-state index contributed by atoms with van der Waals surface area (Å²) in [5, 5.41) is 12.5. The fourth-order valence-electron chi connectivity index (χ4n) is 1.70. The second-order valence-electron chi connectivity index (χ2n) is 5.68. The van der Waals surface area contributed by atoms with Crippen LogP contribution in [0.1, 0.15) is 6.42 Å². The van der Waals surface area contributed by atoms with Crippen molar-refractivity contribution < 1.29 is 14.3 Å². The molecule has 0 unspecified atom stereocenters. The van der Waals surface area contributed by atoms with Crippen LogP contribution in [-0.4, -0.2) is 57.0 Å². The lowest BCUT2D eigenvalue weighted by Crippen LogP contribution is -2.35. The van der Waals surface area contributed by atoms with E-state index in [-0.39, 0.29) is 5.75 Å². The molecule has 0 aromatic heterocycles. The third kappa shape index (κ3) is 6.88. The van der Waals surface area contributed by atoms with Crippen LogP contribution in [0.25, 0.3) is 0 Å². The van der Waals surface area contributed by atoms with Crippen LogP contribution in [0.2, 0.25) is 0 Å². The van der Waals surface area contributed by atoms with Gasteiger partial charge in [0.05, 0.1) is 52.3 Å². The molecular weight excluding hydrogens is 242 g/mol. The lowest BCUT2D eigenvalue weighted by molar-refractivity contribution is -0.870. The van der Waals surface area contributed by atoms with Crippen molar-refractivity contribution in [3.05, 3.63) is 18.2 Å². The summed E-state index contributed by atoms with van der Waals surface area (Å²) in [7, 11) is 6.52. The van der Waals surface area contributed by atoms with Gasteiger partial charge in [-0.05, 0) is 12.1 Å². The number of phenols is 1. The fraction of sp³-hybridized carbons (Fsp3) is 0.571. The normalized spacial score (nSPS) is 11.5. The van der Waals surface area contributed by atoms with Crippen molar-refractivity contribution in [1.29, 1.82) is 0 Å². The highest BCUT2D eigenvalue weighted by Crippen LogP contribution is 2.23. The van der Waals surface area contributed by atoms with Gasteiger partial charge in [-0.25, -0.2) is 0 Å². The van der Waals surface area contributed by atoms with Crippen molar-refractivity contribution in [2.45, 2.75) is 6.42 Å². The summed E-state index contributed by atoms with van der Waals surface area (Å²) >= 11 is 0. The summed E-state index contributed by atoms with van der Waals surface area (Å²) in [6.07, 6.45) is 1.05. The molecule has 1 aromatic carbocycles. The van der Waals surface area contributed by atoms with Crippen molar-refractivity contribution in [2.75, 3.05) is 58.5 Å². The van der Waals surface area contributed by atoms with Gasteiger partial charge in [0, 0.05) is 19.0 Å². The van der Waals surface area contributed by atoms with Crippen molar-refractivity contribution in [2.24, 2.45) is 0 Å². The molecule has 0 aliphatic carbocycles. The minimum absolute atomic E-state index is 0.209. The molecule has 0 heterocycles. The standard InChI is InChI=1S/C14H25N3O2/c1-17(2,3)8-4-9-19-10-7-16-14-11-12(18)5-6-13(14)15/h5-6,11,16H,4,7-10,15H2,1-3H3/p+1. The number of aromatic hydroxyl groups is 1. The largest absolute Gasteiger partial charge is 0.508 e. The molecule has 0 saturated heterocycles. The number of nitrogens with zero attached hydrogens (tertiary/aromatic N) is 1. The van der Waals surface area contributed by atoms with Gasteiger partial charge in [-0.15, -0.1) is 0 Å². The molecular formula is C14H26N3O2+. The van der Waals surface area contributed by atoms with Crippen molar-refractivity contribution in [1.82, 2.24) is 0 Å². The van der Waals surface area contributed by atoms with Crippen LogP contribution in [0.5, 0.6) is 5.75 Å². The average Bonchev–Trinajstić information content (AvgIpc) is 2.31. The van der Waals surface area contributed by atoms with Gasteiger partial charge in [-0.2, -0.15) is 0 Å². The van der Waals surface area contributed by atoms with E-state index in [2.05, 4.69) is 26.5 Å². The maximum absolute atomic E-state index is 9.36. The summed E-state index contributed by atoms with van der Waals surface area (Å²) in [6, 6.07) is 4.87. The van der Waals surface area contributed by atoms with E-state index in [9.17, 15) is 5.11 Å². The summed E-state index contributed by atoms with van der Waals surface area (Å²) in [5.41, 5.74) is 7.16. The van der Waals surface area contributed by atoms with E-state index >= 15 is 0 Å². The molecule has 108 valence electrons. The molecule has 0 fully saturated rings. The van der Waals surface area contributed by atoms with Crippen LogP contribution in [0.15, 0.2) is 18.2 Å². The number of hydrogen-bond donors (Lipinski definition) is 3. The van der Waals surface area contributed by atoms with Gasteiger partial charge in [-0.3, -0.25) is 0 Å². The molecule has 19 heavy (non-hydrogen) atoms. The Balaban J connectivity index is 2.12. The number of benzene rings is 1. The molecule has 0 amide bonds. The first-order valence-corrected chi connectivity index (χ1v) is 6.59. The lowest BCUT2D eigenvalue weighted by atomic mass is 10.2. The molecule has 0 spiro atoms. The molecule has 0 aliphatic heterocycles. The molecule has 0 aliphatic rings. The summed E-state index contributed by atoms with van der Waals surface area (Å²) in [5.74, 6) is 0.209. The first-order chi connectivity index (χ1) is 8.88. The van der Waals surface area contributed by atoms with Gasteiger partial charge in [0.15, 0.2) is 0 Å². The Morgan fingerprint density at radius 3 is 2.68 bits per heavy atom. The minimum atomic E-state index is 0.209. The molecule has 0 saturated carbocycles. The third-order valence-electron chi connectivity index (χ3n) is 2.72. The SMILES string of the molecule is C[N+](C)(C)CCCOCCNc1cc(O)ccc1N.